The average Bonchev–Trinajstić information content (AvgIpc) is 1.82. The summed E-state index contributed by atoms with van der Waals surface area (Å²) in [6.45, 7) is 0. The summed E-state index contributed by atoms with van der Waals surface area (Å²) in [5.41, 5.74) is 0. The van der Waals surface area contributed by atoms with Gasteiger partial charge in [0.05, 0.1) is 0 Å². The summed E-state index contributed by atoms with van der Waals surface area (Å²) in [5, 5.41) is 0. The molecule has 0 bridgehead atoms. The van der Waals surface area contributed by atoms with E-state index in [2.05, 4.69) is 46.3 Å². The van der Waals surface area contributed by atoms with Gasteiger partial charge >= 0.3 is 0 Å². The van der Waals surface area contributed by atoms with Gasteiger partial charge in [-0.15, -0.1) is 46.3 Å². The average molecular weight is 240 g/mol. The highest BCUT2D eigenvalue weighted by atomic mass is 27.4. The SMILES string of the molecule is [CH3][Al]([CH3])[C]([Al]([CH3])[CH3])([Al]([CH3])[CH3])[Al]([CH3])[CH3]. The first kappa shape index (κ1) is 15.1. The third kappa shape index (κ3) is 3.04. The Kier molecular flexibility index (Phi) is 7.00. The van der Waals surface area contributed by atoms with Gasteiger partial charge in [-0.1, -0.05) is 0 Å². The molecule has 0 rings (SSSR count). The first-order chi connectivity index (χ1) is 5.77. The van der Waals surface area contributed by atoms with Crippen LogP contribution in [0.25, 0.3) is 0 Å². The zero-order valence-corrected chi connectivity index (χ0v) is 15.4. The lowest BCUT2D eigenvalue weighted by Gasteiger charge is -2.43. The van der Waals surface area contributed by atoms with Gasteiger partial charge in [0.15, 0.2) is 0 Å². The van der Waals surface area contributed by atoms with E-state index >= 15 is 0 Å². The number of rotatable bonds is 4. The molecule has 72 valence electrons. The van der Waals surface area contributed by atoms with Gasteiger partial charge in [-0.25, -0.2) is 0 Å². The van der Waals surface area contributed by atoms with Crippen LogP contribution in [0.4, 0.5) is 0 Å². The minimum absolute atomic E-state index is 0.410. The van der Waals surface area contributed by atoms with Crippen LogP contribution in [0, 0.1) is 0 Å². The second kappa shape index (κ2) is 6.01. The van der Waals surface area contributed by atoms with Crippen LogP contribution in [-0.4, -0.2) is 56.6 Å². The molecule has 4 heteroatoms. The van der Waals surface area contributed by atoms with Crippen LogP contribution >= 0.6 is 0 Å². The Morgan fingerprint density at radius 1 is 0.462 bits per heavy atom. The fraction of sp³-hybridized carbons (Fsp3) is 1.00. The van der Waals surface area contributed by atoms with E-state index in [0.717, 1.165) is 0.863 Å². The van der Waals surface area contributed by atoms with Gasteiger partial charge in [0, 0.05) is 0 Å². The molecule has 0 atom stereocenters. The zero-order valence-electron chi connectivity index (χ0n) is 10.8. The molecule has 0 saturated carbocycles. The van der Waals surface area contributed by atoms with E-state index in [1.165, 1.54) is 0 Å². The highest BCUT2D eigenvalue weighted by molar-refractivity contribution is 7.12. The van der Waals surface area contributed by atoms with Crippen molar-refractivity contribution < 1.29 is 0 Å². The van der Waals surface area contributed by atoms with Crippen molar-refractivity contribution in [2.45, 2.75) is 47.1 Å². The molecule has 0 aromatic heterocycles. The van der Waals surface area contributed by atoms with Crippen LogP contribution in [0.3, 0.4) is 0 Å². The topological polar surface area (TPSA) is 0 Å². The molecule has 0 nitrogen and oxygen atoms in total. The number of hydrogen-bond acceptors (Lipinski definition) is 0. The van der Waals surface area contributed by atoms with Crippen LogP contribution in [0.15, 0.2) is 0 Å². The monoisotopic (exact) mass is 240 g/mol. The fourth-order valence-corrected chi connectivity index (χ4v) is 36.0. The zero-order chi connectivity index (χ0) is 10.8. The molecule has 0 N–H and O–H groups in total. The van der Waals surface area contributed by atoms with E-state index in [4.69, 9.17) is 0 Å². The van der Waals surface area contributed by atoms with Crippen molar-refractivity contribution in [1.29, 1.82) is 0 Å². The molecule has 0 unspecified atom stereocenters. The second-order valence-electron chi connectivity index (χ2n) is 5.62. The smallest absolute Gasteiger partial charge is 0.195 e. The normalized spacial score (nSPS) is 11.1. The largest absolute Gasteiger partial charge is 0.220 e. The summed E-state index contributed by atoms with van der Waals surface area (Å²) in [5.74, 6) is 20.9. The van der Waals surface area contributed by atoms with E-state index < -0.39 is 56.6 Å². The van der Waals surface area contributed by atoms with Crippen molar-refractivity contribution in [3.8, 4) is 0 Å². The molecule has 0 aromatic rings. The standard InChI is InChI=1S/8CH3.C.4Al/h8*1H3;;;;;. The first-order valence-corrected chi connectivity index (χ1v) is 17.3. The lowest BCUT2D eigenvalue weighted by molar-refractivity contribution is 1.34. The summed E-state index contributed by atoms with van der Waals surface area (Å²) in [4.78, 5) is 0. The summed E-state index contributed by atoms with van der Waals surface area (Å²) in [6, 6.07) is 0. The summed E-state index contributed by atoms with van der Waals surface area (Å²) >= 11 is -1.64. The lowest BCUT2D eigenvalue weighted by Crippen LogP contribution is -2.55. The van der Waals surface area contributed by atoms with Crippen LogP contribution in [0.1, 0.15) is 0 Å². The van der Waals surface area contributed by atoms with Gasteiger partial charge in [-0.2, -0.15) is 0.863 Å². The highest BCUT2D eigenvalue weighted by Gasteiger charge is 2.49. The lowest BCUT2D eigenvalue weighted by atomic mass is 11.6. The third-order valence-electron chi connectivity index (χ3n) is 4.00. The summed E-state index contributed by atoms with van der Waals surface area (Å²) in [7, 11) is 0. The highest BCUT2D eigenvalue weighted by Crippen LogP contribution is 2.39. The molecule has 0 aliphatic rings. The molecule has 0 fully saturated rings. The molecule has 0 spiro atoms. The quantitative estimate of drug-likeness (QED) is 0.661. The molecule has 0 aliphatic heterocycles. The number of hydrogen-bond donors (Lipinski definition) is 0. The van der Waals surface area contributed by atoms with Gasteiger partial charge in [-0.05, 0) is 0 Å². The summed E-state index contributed by atoms with van der Waals surface area (Å²) in [6.07, 6.45) is 0. The van der Waals surface area contributed by atoms with Gasteiger partial charge in [0.25, 0.3) is 0 Å². The molecule has 13 heavy (non-hydrogen) atoms. The molecule has 0 amide bonds. The van der Waals surface area contributed by atoms with Gasteiger partial charge < -0.3 is 0 Å². The van der Waals surface area contributed by atoms with E-state index in [1.54, 1.807) is 0 Å². The first-order valence-electron chi connectivity index (χ1n) is 5.77. The van der Waals surface area contributed by atoms with E-state index in [0.29, 0.717) is 0 Å². The Morgan fingerprint density at radius 2 is 0.615 bits per heavy atom. The van der Waals surface area contributed by atoms with Crippen molar-refractivity contribution in [3.05, 3.63) is 0 Å². The van der Waals surface area contributed by atoms with Gasteiger partial charge in [0.2, 0.25) is 56.6 Å². The predicted octanol–water partition coefficient (Wildman–Crippen LogP) is 3.36. The molecule has 0 heterocycles. The van der Waals surface area contributed by atoms with Crippen LogP contribution in [0.5, 0.6) is 0 Å². The third-order valence-corrected chi connectivity index (χ3v) is 36.0. The predicted molar refractivity (Wildman–Crippen MR) is 72.6 cm³/mol. The minimum Gasteiger partial charge on any atom is -0.195 e. The molecule has 0 aliphatic carbocycles. The maximum absolute atomic E-state index is 2.62. The Morgan fingerprint density at radius 3 is 0.615 bits per heavy atom. The van der Waals surface area contributed by atoms with Crippen molar-refractivity contribution in [3.63, 3.8) is 0 Å². The van der Waals surface area contributed by atoms with Gasteiger partial charge in [0.1, 0.15) is 0 Å². The summed E-state index contributed by atoms with van der Waals surface area (Å²) < 4.78 is 1.06. The molecular weight excluding hydrogens is 216 g/mol. The van der Waals surface area contributed by atoms with Crippen molar-refractivity contribution >= 4 is 56.6 Å². The van der Waals surface area contributed by atoms with E-state index in [-0.39, 0.29) is 0 Å². The minimum atomic E-state index is -0.410. The molecule has 0 radical (unpaired) electrons. The maximum atomic E-state index is 2.62. The molecular formula is C9H24Al4. The van der Waals surface area contributed by atoms with Crippen LogP contribution in [0.2, 0.25) is 47.1 Å². The Labute approximate surface area is 103 Å². The van der Waals surface area contributed by atoms with Gasteiger partial charge in [-0.3, -0.25) is 0 Å². The molecule has 0 saturated heterocycles. The van der Waals surface area contributed by atoms with Crippen LogP contribution in [-0.2, 0) is 0 Å². The molecule has 0 aromatic carbocycles. The van der Waals surface area contributed by atoms with Crippen molar-refractivity contribution in [1.82, 2.24) is 0 Å². The van der Waals surface area contributed by atoms with Crippen molar-refractivity contribution in [2.75, 3.05) is 0 Å². The Balaban J connectivity index is 5.06. The maximum Gasteiger partial charge on any atom is 0.220 e. The Bertz CT molecular complexity index is 114. The Hall–Kier alpha value is 2.13. The van der Waals surface area contributed by atoms with Crippen LogP contribution < -0.4 is 0 Å². The van der Waals surface area contributed by atoms with E-state index in [1.807, 2.05) is 0 Å². The van der Waals surface area contributed by atoms with E-state index in [9.17, 15) is 0 Å². The second-order valence-corrected chi connectivity index (χ2v) is 22.9. The fourth-order valence-electron chi connectivity index (χ4n) is 4.00. The van der Waals surface area contributed by atoms with Crippen molar-refractivity contribution in [2.24, 2.45) is 0 Å².